The Kier molecular flexibility index (Phi) is 7.70. The number of ether oxygens (including phenoxy) is 1. The number of amides is 1. The van der Waals surface area contributed by atoms with Gasteiger partial charge in [-0.15, -0.1) is 0 Å². The van der Waals surface area contributed by atoms with E-state index in [0.717, 1.165) is 24.5 Å². The van der Waals surface area contributed by atoms with E-state index < -0.39 is 10.8 Å². The van der Waals surface area contributed by atoms with Crippen molar-refractivity contribution in [3.63, 3.8) is 0 Å². The second-order valence-electron chi connectivity index (χ2n) is 5.76. The third-order valence-electron chi connectivity index (χ3n) is 3.92. The van der Waals surface area contributed by atoms with Crippen molar-refractivity contribution >= 4 is 40.3 Å². The molecule has 0 heterocycles. The summed E-state index contributed by atoms with van der Waals surface area (Å²) in [7, 11) is 0. The van der Waals surface area contributed by atoms with E-state index in [1.54, 1.807) is 0 Å². The molecule has 28 heavy (non-hydrogen) atoms. The number of carbonyl (C=O) groups excluding carboxylic acids is 1. The number of nitro groups is 1. The smallest absolute Gasteiger partial charge is 0.269 e. The van der Waals surface area contributed by atoms with Gasteiger partial charge in [0, 0.05) is 36.6 Å². The second-order valence-corrected chi connectivity index (χ2v) is 6.17. The predicted octanol–water partition coefficient (Wildman–Crippen LogP) is 3.33. The molecule has 0 aliphatic heterocycles. The highest BCUT2D eigenvalue weighted by Gasteiger charge is 2.09. The Bertz CT molecular complexity index is 821. The summed E-state index contributed by atoms with van der Waals surface area (Å²) >= 11 is 5.14. The lowest BCUT2D eigenvalue weighted by Crippen LogP contribution is -2.37. The van der Waals surface area contributed by atoms with Gasteiger partial charge >= 0.3 is 0 Å². The van der Waals surface area contributed by atoms with Crippen molar-refractivity contribution in [2.75, 3.05) is 29.9 Å². The van der Waals surface area contributed by atoms with Gasteiger partial charge in [-0.2, -0.15) is 0 Å². The molecule has 9 heteroatoms. The average molecular weight is 402 g/mol. The van der Waals surface area contributed by atoms with Crippen LogP contribution in [-0.4, -0.2) is 35.6 Å². The standard InChI is InChI=1S/C19H22N4O4S/c1-3-22(4-2)15-7-5-14(6-8-15)20-19(28)21-18(24)13-27-17-11-9-16(10-12-17)23(25)26/h5-12H,3-4,13H2,1-2H3,(H2,20,21,24,28). The highest BCUT2D eigenvalue weighted by molar-refractivity contribution is 7.80. The molecule has 0 atom stereocenters. The first-order chi connectivity index (χ1) is 13.4. The second kappa shape index (κ2) is 10.2. The van der Waals surface area contributed by atoms with Crippen LogP contribution in [0.4, 0.5) is 17.1 Å². The summed E-state index contributed by atoms with van der Waals surface area (Å²) in [5.41, 5.74) is 1.83. The Labute approximate surface area is 168 Å². The molecule has 2 aromatic carbocycles. The van der Waals surface area contributed by atoms with E-state index in [0.29, 0.717) is 5.75 Å². The van der Waals surface area contributed by atoms with E-state index in [1.807, 2.05) is 24.3 Å². The fourth-order valence-electron chi connectivity index (χ4n) is 2.48. The monoisotopic (exact) mass is 402 g/mol. The number of anilines is 2. The van der Waals surface area contributed by atoms with Crippen LogP contribution in [0.3, 0.4) is 0 Å². The summed E-state index contributed by atoms with van der Waals surface area (Å²) < 4.78 is 5.29. The Morgan fingerprint density at radius 2 is 1.71 bits per heavy atom. The Morgan fingerprint density at radius 1 is 1.11 bits per heavy atom. The number of nitrogens with one attached hydrogen (secondary N) is 2. The normalized spacial score (nSPS) is 10.1. The summed E-state index contributed by atoms with van der Waals surface area (Å²) in [4.78, 5) is 24.3. The molecule has 0 aromatic heterocycles. The van der Waals surface area contributed by atoms with Gasteiger partial charge in [-0.3, -0.25) is 20.2 Å². The third-order valence-corrected chi connectivity index (χ3v) is 4.13. The summed E-state index contributed by atoms with van der Waals surface area (Å²) in [6.07, 6.45) is 0. The van der Waals surface area contributed by atoms with Gasteiger partial charge in [-0.05, 0) is 62.5 Å². The molecule has 0 aliphatic carbocycles. The number of hydrogen-bond donors (Lipinski definition) is 2. The first kappa shape index (κ1) is 21.1. The quantitative estimate of drug-likeness (QED) is 0.397. The van der Waals surface area contributed by atoms with E-state index in [-0.39, 0.29) is 17.4 Å². The van der Waals surface area contributed by atoms with Crippen molar-refractivity contribution in [1.29, 1.82) is 0 Å². The molecular weight excluding hydrogens is 380 g/mol. The van der Waals surface area contributed by atoms with Crippen molar-refractivity contribution in [2.24, 2.45) is 0 Å². The molecule has 2 N–H and O–H groups in total. The molecule has 0 aliphatic rings. The largest absolute Gasteiger partial charge is 0.484 e. The first-order valence-corrected chi connectivity index (χ1v) is 9.16. The average Bonchev–Trinajstić information content (AvgIpc) is 2.69. The first-order valence-electron chi connectivity index (χ1n) is 8.76. The number of nitrogens with zero attached hydrogens (tertiary/aromatic N) is 2. The van der Waals surface area contributed by atoms with Crippen LogP contribution in [-0.2, 0) is 4.79 Å². The van der Waals surface area contributed by atoms with Crippen LogP contribution in [0.25, 0.3) is 0 Å². The molecule has 148 valence electrons. The SMILES string of the molecule is CCN(CC)c1ccc(NC(=S)NC(=O)COc2ccc([N+](=O)[O-])cc2)cc1. The molecule has 8 nitrogen and oxygen atoms in total. The van der Waals surface area contributed by atoms with Gasteiger partial charge in [0.05, 0.1) is 4.92 Å². The van der Waals surface area contributed by atoms with Crippen LogP contribution in [0.1, 0.15) is 13.8 Å². The minimum atomic E-state index is -0.505. The summed E-state index contributed by atoms with van der Waals surface area (Å²) in [6.45, 7) is 5.78. The van der Waals surface area contributed by atoms with E-state index in [9.17, 15) is 14.9 Å². The zero-order valence-corrected chi connectivity index (χ0v) is 16.5. The highest BCUT2D eigenvalue weighted by atomic mass is 32.1. The molecule has 2 aromatic rings. The summed E-state index contributed by atoms with van der Waals surface area (Å²) in [6, 6.07) is 13.2. The zero-order chi connectivity index (χ0) is 20.5. The molecule has 0 spiro atoms. The number of benzene rings is 2. The maximum atomic E-state index is 11.9. The molecule has 0 saturated heterocycles. The van der Waals surface area contributed by atoms with Gasteiger partial charge in [-0.25, -0.2) is 0 Å². The van der Waals surface area contributed by atoms with E-state index in [4.69, 9.17) is 17.0 Å². The summed E-state index contributed by atoms with van der Waals surface area (Å²) in [5, 5.41) is 16.2. The third kappa shape index (κ3) is 6.20. The van der Waals surface area contributed by atoms with Crippen LogP contribution >= 0.6 is 12.2 Å². The number of thiocarbonyl (C=S) groups is 1. The van der Waals surface area contributed by atoms with Crippen LogP contribution in [0.5, 0.6) is 5.75 Å². The predicted molar refractivity (Wildman–Crippen MR) is 113 cm³/mol. The number of rotatable bonds is 8. The number of nitro benzene ring substituents is 1. The van der Waals surface area contributed by atoms with E-state index in [2.05, 4.69) is 29.4 Å². The molecule has 2 rings (SSSR count). The lowest BCUT2D eigenvalue weighted by Gasteiger charge is -2.21. The Hall–Kier alpha value is -3.20. The molecular formula is C19H22N4O4S. The minimum absolute atomic E-state index is 0.0470. The van der Waals surface area contributed by atoms with Crippen molar-refractivity contribution in [3.05, 3.63) is 58.6 Å². The van der Waals surface area contributed by atoms with Gasteiger partial charge in [-0.1, -0.05) is 0 Å². The number of carbonyl (C=O) groups is 1. The Morgan fingerprint density at radius 3 is 2.25 bits per heavy atom. The minimum Gasteiger partial charge on any atom is -0.484 e. The zero-order valence-electron chi connectivity index (χ0n) is 15.7. The van der Waals surface area contributed by atoms with Crippen LogP contribution in [0.15, 0.2) is 48.5 Å². The van der Waals surface area contributed by atoms with E-state index >= 15 is 0 Å². The number of hydrogen-bond acceptors (Lipinski definition) is 6. The van der Waals surface area contributed by atoms with Gasteiger partial charge in [0.25, 0.3) is 11.6 Å². The van der Waals surface area contributed by atoms with Crippen molar-refractivity contribution in [2.45, 2.75) is 13.8 Å². The lowest BCUT2D eigenvalue weighted by molar-refractivity contribution is -0.384. The van der Waals surface area contributed by atoms with Crippen molar-refractivity contribution in [1.82, 2.24) is 5.32 Å². The van der Waals surface area contributed by atoms with Gasteiger partial charge in [0.2, 0.25) is 0 Å². The molecule has 0 radical (unpaired) electrons. The fourth-order valence-corrected chi connectivity index (χ4v) is 2.71. The molecule has 0 fully saturated rings. The maximum absolute atomic E-state index is 11.9. The van der Waals surface area contributed by atoms with Gasteiger partial charge in [0.15, 0.2) is 11.7 Å². The van der Waals surface area contributed by atoms with Crippen LogP contribution < -0.4 is 20.3 Å². The number of non-ortho nitro benzene ring substituents is 1. The lowest BCUT2D eigenvalue weighted by atomic mass is 10.2. The maximum Gasteiger partial charge on any atom is 0.269 e. The molecule has 0 saturated carbocycles. The van der Waals surface area contributed by atoms with Gasteiger partial charge < -0.3 is 15.0 Å². The van der Waals surface area contributed by atoms with Crippen molar-refractivity contribution in [3.8, 4) is 5.75 Å². The van der Waals surface area contributed by atoms with Crippen LogP contribution in [0.2, 0.25) is 0 Å². The Balaban J connectivity index is 1.80. The van der Waals surface area contributed by atoms with Gasteiger partial charge in [0.1, 0.15) is 5.75 Å². The molecule has 0 bridgehead atoms. The summed E-state index contributed by atoms with van der Waals surface area (Å²) in [5.74, 6) is -0.0813. The molecule has 0 unspecified atom stereocenters. The highest BCUT2D eigenvalue weighted by Crippen LogP contribution is 2.18. The fraction of sp³-hybridized carbons (Fsp3) is 0.263. The van der Waals surface area contributed by atoms with Crippen molar-refractivity contribution < 1.29 is 14.5 Å². The van der Waals surface area contributed by atoms with Crippen LogP contribution in [0, 0.1) is 10.1 Å². The van der Waals surface area contributed by atoms with E-state index in [1.165, 1.54) is 24.3 Å². The topological polar surface area (TPSA) is 96.7 Å². The molecule has 1 amide bonds.